The molecule has 0 atom stereocenters. The maximum atomic E-state index is 11.9. The third-order valence-electron chi connectivity index (χ3n) is 3.17. The number of amides is 1. The average Bonchev–Trinajstić information content (AvgIpc) is 2.60. The average molecular weight is 280 g/mol. The Balaban J connectivity index is 2.38. The molecule has 0 bridgehead atoms. The van der Waals surface area contributed by atoms with Crippen LogP contribution in [0.4, 0.5) is 17.3 Å². The summed E-state index contributed by atoms with van der Waals surface area (Å²) >= 11 is 0. The molecule has 2 heterocycles. The van der Waals surface area contributed by atoms with Crippen molar-refractivity contribution in [2.75, 3.05) is 37.0 Å². The third-order valence-corrected chi connectivity index (χ3v) is 3.17. The van der Waals surface area contributed by atoms with Crippen molar-refractivity contribution in [1.82, 2.24) is 9.88 Å². The molecule has 1 amide bonds. The molecule has 2 rings (SSSR count). The number of hydrazine groups is 1. The van der Waals surface area contributed by atoms with Gasteiger partial charge >= 0.3 is 5.69 Å². The molecule has 20 heavy (non-hydrogen) atoms. The van der Waals surface area contributed by atoms with Crippen molar-refractivity contribution in [2.24, 2.45) is 5.84 Å². The molecule has 108 valence electrons. The van der Waals surface area contributed by atoms with Crippen molar-refractivity contribution >= 4 is 23.2 Å². The van der Waals surface area contributed by atoms with E-state index in [9.17, 15) is 14.9 Å². The van der Waals surface area contributed by atoms with Gasteiger partial charge < -0.3 is 15.2 Å². The third kappa shape index (κ3) is 2.77. The molecule has 0 spiro atoms. The number of likely N-dealkylation sites (N-methyl/N-ethyl adjacent to an activating group) is 1. The lowest BCUT2D eigenvalue weighted by molar-refractivity contribution is -0.384. The lowest BCUT2D eigenvalue weighted by atomic mass is 10.3. The van der Waals surface area contributed by atoms with E-state index >= 15 is 0 Å². The fourth-order valence-electron chi connectivity index (χ4n) is 2.06. The standard InChI is InChI=1S/C11H16N6O3/c1-15-5-2-6-16(7-10(15)18)11-8(17(19)20)3-4-9(13-11)14-12/h3-4H,2,5-7,12H2,1H3,(H,13,14). The van der Waals surface area contributed by atoms with Crippen LogP contribution in [-0.4, -0.2) is 47.4 Å². The first-order valence-corrected chi connectivity index (χ1v) is 6.14. The molecule has 1 aromatic heterocycles. The Bertz CT molecular complexity index is 535. The number of nitro groups is 1. The Morgan fingerprint density at radius 2 is 2.20 bits per heavy atom. The van der Waals surface area contributed by atoms with Crippen LogP contribution in [0.25, 0.3) is 0 Å². The molecule has 0 aromatic carbocycles. The number of rotatable bonds is 3. The van der Waals surface area contributed by atoms with Crippen molar-refractivity contribution in [3.8, 4) is 0 Å². The van der Waals surface area contributed by atoms with Gasteiger partial charge in [-0.05, 0) is 12.5 Å². The van der Waals surface area contributed by atoms with Gasteiger partial charge in [-0.15, -0.1) is 0 Å². The Labute approximate surface area is 115 Å². The number of hydrogen-bond acceptors (Lipinski definition) is 7. The van der Waals surface area contributed by atoms with E-state index in [0.29, 0.717) is 18.9 Å². The van der Waals surface area contributed by atoms with E-state index in [0.717, 1.165) is 6.42 Å². The van der Waals surface area contributed by atoms with Crippen LogP contribution in [0.15, 0.2) is 12.1 Å². The molecular formula is C11H16N6O3. The summed E-state index contributed by atoms with van der Waals surface area (Å²) in [6, 6.07) is 2.75. The van der Waals surface area contributed by atoms with Crippen molar-refractivity contribution in [2.45, 2.75) is 6.42 Å². The highest BCUT2D eigenvalue weighted by Crippen LogP contribution is 2.28. The number of anilines is 2. The van der Waals surface area contributed by atoms with Gasteiger partial charge in [0.05, 0.1) is 11.5 Å². The Morgan fingerprint density at radius 3 is 2.85 bits per heavy atom. The SMILES string of the molecule is CN1CCCN(c2nc(NN)ccc2[N+](=O)[O-])CC1=O. The lowest BCUT2D eigenvalue weighted by Crippen LogP contribution is -2.35. The molecule has 0 radical (unpaired) electrons. The number of aromatic nitrogens is 1. The molecule has 3 N–H and O–H groups in total. The summed E-state index contributed by atoms with van der Waals surface area (Å²) in [5.74, 6) is 5.66. The predicted molar refractivity (Wildman–Crippen MR) is 73.2 cm³/mol. The minimum absolute atomic E-state index is 0.0678. The Morgan fingerprint density at radius 1 is 1.45 bits per heavy atom. The van der Waals surface area contributed by atoms with Crippen LogP contribution in [0.2, 0.25) is 0 Å². The van der Waals surface area contributed by atoms with Gasteiger partial charge in [-0.3, -0.25) is 14.9 Å². The van der Waals surface area contributed by atoms with Gasteiger partial charge in [-0.25, -0.2) is 10.8 Å². The fourth-order valence-corrected chi connectivity index (χ4v) is 2.06. The Hall–Kier alpha value is -2.42. The van der Waals surface area contributed by atoms with Gasteiger partial charge in [-0.2, -0.15) is 0 Å². The van der Waals surface area contributed by atoms with Crippen LogP contribution in [0.5, 0.6) is 0 Å². The first kappa shape index (κ1) is 14.0. The molecule has 0 aliphatic carbocycles. The second-order valence-corrected chi connectivity index (χ2v) is 4.53. The molecule has 1 fully saturated rings. The predicted octanol–water partition coefficient (Wildman–Crippen LogP) is -0.0561. The molecule has 1 aliphatic rings. The van der Waals surface area contributed by atoms with E-state index in [-0.39, 0.29) is 24.0 Å². The van der Waals surface area contributed by atoms with Crippen LogP contribution in [0, 0.1) is 10.1 Å². The summed E-state index contributed by atoms with van der Waals surface area (Å²) < 4.78 is 0. The maximum absolute atomic E-state index is 11.9. The number of hydrogen-bond donors (Lipinski definition) is 2. The number of carbonyl (C=O) groups is 1. The molecule has 1 saturated heterocycles. The highest BCUT2D eigenvalue weighted by Gasteiger charge is 2.26. The van der Waals surface area contributed by atoms with E-state index in [1.165, 1.54) is 12.1 Å². The van der Waals surface area contributed by atoms with E-state index < -0.39 is 4.92 Å². The number of carbonyl (C=O) groups excluding carboxylic acids is 1. The first-order chi connectivity index (χ1) is 9.52. The normalized spacial score (nSPS) is 16.0. The highest BCUT2D eigenvalue weighted by atomic mass is 16.6. The van der Waals surface area contributed by atoms with E-state index in [1.54, 1.807) is 16.8 Å². The van der Waals surface area contributed by atoms with Gasteiger partial charge in [0.25, 0.3) is 0 Å². The van der Waals surface area contributed by atoms with Crippen LogP contribution in [0.3, 0.4) is 0 Å². The lowest BCUT2D eigenvalue weighted by Gasteiger charge is -2.20. The topological polar surface area (TPSA) is 118 Å². The number of nitrogen functional groups attached to an aromatic ring is 1. The van der Waals surface area contributed by atoms with E-state index in [4.69, 9.17) is 5.84 Å². The molecule has 1 aliphatic heterocycles. The quantitative estimate of drug-likeness (QED) is 0.452. The van der Waals surface area contributed by atoms with Gasteiger partial charge in [0.2, 0.25) is 11.7 Å². The molecule has 0 saturated carbocycles. The minimum Gasteiger partial charge on any atom is -0.344 e. The Kier molecular flexibility index (Phi) is 3.99. The molecule has 0 unspecified atom stereocenters. The van der Waals surface area contributed by atoms with Crippen molar-refractivity contribution in [1.29, 1.82) is 0 Å². The van der Waals surface area contributed by atoms with Crippen LogP contribution in [0.1, 0.15) is 6.42 Å². The largest absolute Gasteiger partial charge is 0.344 e. The van der Waals surface area contributed by atoms with Crippen LogP contribution >= 0.6 is 0 Å². The fraction of sp³-hybridized carbons (Fsp3) is 0.455. The smallest absolute Gasteiger partial charge is 0.311 e. The number of nitrogens with two attached hydrogens (primary N) is 1. The first-order valence-electron chi connectivity index (χ1n) is 6.14. The monoisotopic (exact) mass is 280 g/mol. The molecule has 9 heteroatoms. The molecular weight excluding hydrogens is 264 g/mol. The molecule has 1 aromatic rings. The second-order valence-electron chi connectivity index (χ2n) is 4.53. The highest BCUT2D eigenvalue weighted by molar-refractivity contribution is 5.82. The number of nitrogens with one attached hydrogen (secondary N) is 1. The zero-order valence-electron chi connectivity index (χ0n) is 11.1. The maximum Gasteiger partial charge on any atom is 0.311 e. The molecule has 9 nitrogen and oxygen atoms in total. The van der Waals surface area contributed by atoms with E-state index in [2.05, 4.69) is 10.4 Å². The van der Waals surface area contributed by atoms with Gasteiger partial charge in [0.1, 0.15) is 5.82 Å². The zero-order chi connectivity index (χ0) is 14.7. The summed E-state index contributed by atoms with van der Waals surface area (Å²) in [6.45, 7) is 1.22. The number of pyridine rings is 1. The minimum atomic E-state index is -0.512. The summed E-state index contributed by atoms with van der Waals surface area (Å²) in [7, 11) is 1.71. The van der Waals surface area contributed by atoms with Crippen molar-refractivity contribution in [3.05, 3.63) is 22.2 Å². The summed E-state index contributed by atoms with van der Waals surface area (Å²) in [5, 5.41) is 11.1. The van der Waals surface area contributed by atoms with Gasteiger partial charge in [0.15, 0.2) is 0 Å². The summed E-state index contributed by atoms with van der Waals surface area (Å²) in [4.78, 5) is 29.8. The van der Waals surface area contributed by atoms with Crippen LogP contribution in [-0.2, 0) is 4.79 Å². The summed E-state index contributed by atoms with van der Waals surface area (Å²) in [5.41, 5.74) is 2.21. The van der Waals surface area contributed by atoms with Crippen molar-refractivity contribution < 1.29 is 9.72 Å². The second kappa shape index (κ2) is 5.70. The summed E-state index contributed by atoms with van der Waals surface area (Å²) in [6.07, 6.45) is 0.724. The van der Waals surface area contributed by atoms with Gasteiger partial charge in [0, 0.05) is 26.2 Å². The van der Waals surface area contributed by atoms with Crippen LogP contribution < -0.4 is 16.2 Å². The van der Waals surface area contributed by atoms with E-state index in [1.807, 2.05) is 0 Å². The van der Waals surface area contributed by atoms with Crippen molar-refractivity contribution in [3.63, 3.8) is 0 Å². The van der Waals surface area contributed by atoms with Gasteiger partial charge in [-0.1, -0.05) is 0 Å². The number of nitrogens with zero attached hydrogens (tertiary/aromatic N) is 4. The zero-order valence-corrected chi connectivity index (χ0v) is 11.1.